The van der Waals surface area contributed by atoms with Crippen molar-refractivity contribution in [1.82, 2.24) is 0 Å². The summed E-state index contributed by atoms with van der Waals surface area (Å²) in [5.41, 5.74) is 0.864. The van der Waals surface area contributed by atoms with Gasteiger partial charge in [-0.2, -0.15) is 5.26 Å². The van der Waals surface area contributed by atoms with Crippen molar-refractivity contribution in [2.24, 2.45) is 0 Å². The lowest BCUT2D eigenvalue weighted by atomic mass is 10.1. The molecule has 0 bridgehead atoms. The van der Waals surface area contributed by atoms with Crippen LogP contribution in [0.25, 0.3) is 6.08 Å². The maximum atomic E-state index is 10.7. The molecule has 0 saturated carbocycles. The molecular weight excluding hydrogens is 206 g/mol. The Bertz CT molecular complexity index is 458. The lowest BCUT2D eigenvalue weighted by molar-refractivity contribution is 0.112. The van der Waals surface area contributed by atoms with Crippen LogP contribution in [-0.4, -0.2) is 18.5 Å². The zero-order valence-corrected chi connectivity index (χ0v) is 8.80. The van der Waals surface area contributed by atoms with E-state index in [9.17, 15) is 9.90 Å². The number of hydrogen-bond donors (Lipinski definition) is 1. The molecule has 0 aromatic heterocycles. The van der Waals surface area contributed by atoms with Gasteiger partial charge < -0.3 is 9.84 Å². The Morgan fingerprint density at radius 2 is 2.31 bits per heavy atom. The van der Waals surface area contributed by atoms with Gasteiger partial charge >= 0.3 is 0 Å². The number of aldehydes is 1. The number of carbonyl (C=O) groups excluding carboxylic acids is 1. The van der Waals surface area contributed by atoms with Crippen LogP contribution in [0.1, 0.15) is 22.3 Å². The smallest absolute Gasteiger partial charge is 0.168 e. The van der Waals surface area contributed by atoms with Crippen molar-refractivity contribution in [3.63, 3.8) is 0 Å². The molecule has 0 aliphatic heterocycles. The highest BCUT2D eigenvalue weighted by atomic mass is 16.5. The van der Waals surface area contributed by atoms with Gasteiger partial charge in [-0.25, -0.2) is 0 Å². The molecule has 1 aromatic rings. The molecule has 0 amide bonds. The molecule has 0 aliphatic carbocycles. The van der Waals surface area contributed by atoms with Crippen molar-refractivity contribution in [1.29, 1.82) is 5.26 Å². The SMILES string of the molecule is COc1cc(C=CCC#N)cc(C=O)c1O. The summed E-state index contributed by atoms with van der Waals surface area (Å²) >= 11 is 0. The third kappa shape index (κ3) is 2.61. The molecule has 1 aromatic carbocycles. The number of nitriles is 1. The molecule has 0 radical (unpaired) electrons. The molecule has 0 heterocycles. The molecule has 0 spiro atoms. The van der Waals surface area contributed by atoms with E-state index in [0.717, 1.165) is 0 Å². The summed E-state index contributed by atoms with van der Waals surface area (Å²) in [7, 11) is 1.41. The number of nitrogens with zero attached hydrogens (tertiary/aromatic N) is 1. The molecule has 0 aliphatic rings. The quantitative estimate of drug-likeness (QED) is 0.784. The number of phenolic OH excluding ortho intramolecular Hbond substituents is 1. The second-order valence-corrected chi connectivity index (χ2v) is 3.04. The third-order valence-electron chi connectivity index (χ3n) is 1.99. The maximum absolute atomic E-state index is 10.7. The number of methoxy groups -OCH3 is 1. The van der Waals surface area contributed by atoms with E-state index < -0.39 is 0 Å². The molecule has 1 rings (SSSR count). The first-order chi connectivity index (χ1) is 7.72. The summed E-state index contributed by atoms with van der Waals surface area (Å²) < 4.78 is 4.93. The average molecular weight is 217 g/mol. The zero-order valence-electron chi connectivity index (χ0n) is 8.80. The van der Waals surface area contributed by atoms with Crippen LogP contribution >= 0.6 is 0 Å². The fourth-order valence-corrected chi connectivity index (χ4v) is 1.24. The highest BCUT2D eigenvalue weighted by Gasteiger charge is 2.08. The molecule has 4 nitrogen and oxygen atoms in total. The predicted octanol–water partition coefficient (Wildman–Crippen LogP) is 2.14. The Labute approximate surface area is 93.4 Å². The van der Waals surface area contributed by atoms with Gasteiger partial charge in [0.15, 0.2) is 17.8 Å². The summed E-state index contributed by atoms with van der Waals surface area (Å²) in [5, 5.41) is 17.9. The van der Waals surface area contributed by atoms with Crippen LogP contribution in [0.4, 0.5) is 0 Å². The van der Waals surface area contributed by atoms with Crippen molar-refractivity contribution in [2.45, 2.75) is 6.42 Å². The van der Waals surface area contributed by atoms with E-state index >= 15 is 0 Å². The fraction of sp³-hybridized carbons (Fsp3) is 0.167. The van der Waals surface area contributed by atoms with Crippen molar-refractivity contribution < 1.29 is 14.6 Å². The first kappa shape index (κ1) is 11.8. The van der Waals surface area contributed by atoms with Crippen LogP contribution in [0, 0.1) is 11.3 Å². The van der Waals surface area contributed by atoms with Crippen LogP contribution in [0.3, 0.4) is 0 Å². The molecule has 82 valence electrons. The highest BCUT2D eigenvalue weighted by Crippen LogP contribution is 2.30. The van der Waals surface area contributed by atoms with Gasteiger partial charge in [0.2, 0.25) is 0 Å². The van der Waals surface area contributed by atoms with Gasteiger partial charge in [0.25, 0.3) is 0 Å². The number of benzene rings is 1. The van der Waals surface area contributed by atoms with Crippen LogP contribution in [-0.2, 0) is 0 Å². The van der Waals surface area contributed by atoms with Gasteiger partial charge in [0, 0.05) is 0 Å². The lowest BCUT2D eigenvalue weighted by Gasteiger charge is -2.06. The van der Waals surface area contributed by atoms with E-state index in [1.807, 2.05) is 6.07 Å². The van der Waals surface area contributed by atoms with E-state index in [4.69, 9.17) is 10.00 Å². The van der Waals surface area contributed by atoms with Crippen molar-refractivity contribution in [3.8, 4) is 17.6 Å². The summed E-state index contributed by atoms with van der Waals surface area (Å²) in [5.74, 6) is 0.0659. The monoisotopic (exact) mass is 217 g/mol. The topological polar surface area (TPSA) is 70.3 Å². The van der Waals surface area contributed by atoms with Gasteiger partial charge in [-0.15, -0.1) is 0 Å². The average Bonchev–Trinajstić information content (AvgIpc) is 2.31. The minimum Gasteiger partial charge on any atom is -0.504 e. The molecule has 4 heteroatoms. The van der Waals surface area contributed by atoms with Gasteiger partial charge in [0.05, 0.1) is 25.2 Å². The Balaban J connectivity index is 3.12. The van der Waals surface area contributed by atoms with Crippen LogP contribution in [0.2, 0.25) is 0 Å². The Kier molecular flexibility index (Phi) is 4.10. The molecule has 0 saturated heterocycles. The minimum absolute atomic E-state index is 0.163. The third-order valence-corrected chi connectivity index (χ3v) is 1.99. The van der Waals surface area contributed by atoms with E-state index in [0.29, 0.717) is 18.3 Å². The Hall–Kier alpha value is -2.28. The number of allylic oxidation sites excluding steroid dienone is 1. The second-order valence-electron chi connectivity index (χ2n) is 3.04. The molecule has 1 N–H and O–H groups in total. The predicted molar refractivity (Wildman–Crippen MR) is 59.3 cm³/mol. The van der Waals surface area contributed by atoms with Gasteiger partial charge in [-0.05, 0) is 17.7 Å². The van der Waals surface area contributed by atoms with Crippen LogP contribution in [0.5, 0.6) is 11.5 Å². The van der Waals surface area contributed by atoms with Crippen LogP contribution in [0.15, 0.2) is 18.2 Å². The molecule has 16 heavy (non-hydrogen) atoms. The number of rotatable bonds is 4. The standard InChI is InChI=1S/C12H11NO3/c1-16-11-7-9(4-2-3-5-13)6-10(8-14)12(11)15/h2,4,6-8,15H,3H2,1H3. The van der Waals surface area contributed by atoms with E-state index in [1.54, 1.807) is 18.2 Å². The molecular formula is C12H11NO3. The lowest BCUT2D eigenvalue weighted by Crippen LogP contribution is -1.90. The number of phenols is 1. The largest absolute Gasteiger partial charge is 0.504 e. The molecule has 0 fully saturated rings. The summed E-state index contributed by atoms with van der Waals surface area (Å²) in [6.45, 7) is 0. The van der Waals surface area contributed by atoms with E-state index in [-0.39, 0.29) is 17.1 Å². The number of ether oxygens (including phenoxy) is 1. The molecule has 0 unspecified atom stereocenters. The van der Waals surface area contributed by atoms with Crippen LogP contribution < -0.4 is 4.74 Å². The fourth-order valence-electron chi connectivity index (χ4n) is 1.24. The van der Waals surface area contributed by atoms with Gasteiger partial charge in [-0.1, -0.05) is 12.2 Å². The van der Waals surface area contributed by atoms with Gasteiger partial charge in [0.1, 0.15) is 0 Å². The van der Waals surface area contributed by atoms with Crippen molar-refractivity contribution >= 4 is 12.4 Å². The number of hydrogen-bond acceptors (Lipinski definition) is 4. The Morgan fingerprint density at radius 3 is 2.88 bits per heavy atom. The molecule has 0 atom stereocenters. The summed E-state index contributed by atoms with van der Waals surface area (Å²) in [6, 6.07) is 5.09. The van der Waals surface area contributed by atoms with Crippen molar-refractivity contribution in [3.05, 3.63) is 29.3 Å². The van der Waals surface area contributed by atoms with E-state index in [1.165, 1.54) is 13.2 Å². The first-order valence-corrected chi connectivity index (χ1v) is 4.62. The van der Waals surface area contributed by atoms with Crippen molar-refractivity contribution in [2.75, 3.05) is 7.11 Å². The normalized spacial score (nSPS) is 10.0. The summed E-state index contributed by atoms with van der Waals surface area (Å²) in [4.78, 5) is 10.7. The first-order valence-electron chi connectivity index (χ1n) is 4.62. The highest BCUT2D eigenvalue weighted by molar-refractivity contribution is 5.82. The number of carbonyl (C=O) groups is 1. The summed E-state index contributed by atoms with van der Waals surface area (Å²) in [6.07, 6.45) is 4.21. The second kappa shape index (κ2) is 5.56. The van der Waals surface area contributed by atoms with Gasteiger partial charge in [-0.3, -0.25) is 4.79 Å². The maximum Gasteiger partial charge on any atom is 0.168 e. The Morgan fingerprint density at radius 1 is 1.56 bits per heavy atom. The van der Waals surface area contributed by atoms with E-state index in [2.05, 4.69) is 0 Å². The number of aromatic hydroxyl groups is 1. The zero-order chi connectivity index (χ0) is 12.0. The minimum atomic E-state index is -0.171.